The maximum atomic E-state index is 13.1. The van der Waals surface area contributed by atoms with E-state index in [2.05, 4.69) is 5.32 Å². The molecule has 1 aliphatic carbocycles. The molecule has 3 aliphatic heterocycles. The number of piperidine rings is 1. The Balaban J connectivity index is 1.38. The van der Waals surface area contributed by atoms with Crippen molar-refractivity contribution in [2.45, 2.75) is 38.5 Å². The van der Waals surface area contributed by atoms with Crippen molar-refractivity contribution in [1.82, 2.24) is 20.0 Å². The summed E-state index contributed by atoms with van der Waals surface area (Å²) in [5.41, 5.74) is -0.463. The van der Waals surface area contributed by atoms with Crippen LogP contribution < -0.4 is 5.32 Å². The van der Waals surface area contributed by atoms with Gasteiger partial charge in [0.05, 0.1) is 12.0 Å². The van der Waals surface area contributed by atoms with E-state index in [0.29, 0.717) is 25.4 Å². The highest BCUT2D eigenvalue weighted by Crippen LogP contribution is 2.41. The molecule has 1 atom stereocenters. The van der Waals surface area contributed by atoms with Gasteiger partial charge in [0, 0.05) is 26.2 Å². The van der Waals surface area contributed by atoms with Gasteiger partial charge >= 0.3 is 6.03 Å². The monoisotopic (exact) mass is 362 g/mol. The van der Waals surface area contributed by atoms with Gasteiger partial charge in [0.2, 0.25) is 11.8 Å². The Morgan fingerprint density at radius 3 is 2.58 bits per heavy atom. The molecular weight excluding hydrogens is 336 g/mol. The number of carbonyl (C=O) groups is 4. The normalized spacial score (nSPS) is 29.5. The second-order valence-corrected chi connectivity index (χ2v) is 8.14. The lowest BCUT2D eigenvalue weighted by molar-refractivity contribution is -0.147. The lowest BCUT2D eigenvalue weighted by Crippen LogP contribution is -2.52. The highest BCUT2D eigenvalue weighted by atomic mass is 16.2. The van der Waals surface area contributed by atoms with Gasteiger partial charge in [-0.15, -0.1) is 0 Å². The number of nitrogens with one attached hydrogen (secondary N) is 1. The molecule has 5 amide bonds. The van der Waals surface area contributed by atoms with Crippen molar-refractivity contribution < 1.29 is 19.2 Å². The van der Waals surface area contributed by atoms with Crippen LogP contribution in [-0.2, 0) is 14.4 Å². The molecule has 1 saturated carbocycles. The predicted octanol–water partition coefficient (Wildman–Crippen LogP) is 0.179. The zero-order valence-electron chi connectivity index (χ0n) is 15.0. The van der Waals surface area contributed by atoms with E-state index in [-0.39, 0.29) is 30.8 Å². The second-order valence-electron chi connectivity index (χ2n) is 8.14. The smallest absolute Gasteiger partial charge is 0.325 e. The summed E-state index contributed by atoms with van der Waals surface area (Å²) in [4.78, 5) is 53.6. The van der Waals surface area contributed by atoms with Gasteiger partial charge in [-0.3, -0.25) is 19.3 Å². The third-order valence-corrected chi connectivity index (χ3v) is 6.46. The number of likely N-dealkylation sites (tertiary alicyclic amines) is 2. The van der Waals surface area contributed by atoms with Gasteiger partial charge in [0.15, 0.2) is 0 Å². The molecule has 1 N–H and O–H groups in total. The zero-order chi connectivity index (χ0) is 18.3. The number of carbonyl (C=O) groups excluding carboxylic acids is 4. The minimum absolute atomic E-state index is 0.0509. The van der Waals surface area contributed by atoms with E-state index in [9.17, 15) is 19.2 Å². The van der Waals surface area contributed by atoms with Gasteiger partial charge < -0.3 is 15.1 Å². The average Bonchev–Trinajstić information content (AvgIpc) is 3.14. The fourth-order valence-corrected chi connectivity index (χ4v) is 4.63. The minimum atomic E-state index is -0.516. The van der Waals surface area contributed by atoms with Crippen LogP contribution in [0.15, 0.2) is 0 Å². The molecular formula is C18H26N4O4. The third-order valence-electron chi connectivity index (χ3n) is 6.46. The molecule has 3 heterocycles. The van der Waals surface area contributed by atoms with Crippen molar-refractivity contribution in [1.29, 1.82) is 0 Å². The molecule has 0 unspecified atom stereocenters. The first kappa shape index (κ1) is 17.3. The Kier molecular flexibility index (Phi) is 4.36. The predicted molar refractivity (Wildman–Crippen MR) is 91.9 cm³/mol. The van der Waals surface area contributed by atoms with E-state index in [1.165, 1.54) is 19.3 Å². The fourth-order valence-electron chi connectivity index (χ4n) is 4.63. The number of rotatable bonds is 4. The third kappa shape index (κ3) is 2.95. The molecule has 0 bridgehead atoms. The van der Waals surface area contributed by atoms with Gasteiger partial charge in [-0.1, -0.05) is 6.42 Å². The first-order chi connectivity index (χ1) is 12.5. The minimum Gasteiger partial charge on any atom is -0.342 e. The van der Waals surface area contributed by atoms with Crippen LogP contribution in [0, 0.1) is 11.3 Å². The second kappa shape index (κ2) is 6.55. The quantitative estimate of drug-likeness (QED) is 0.723. The standard InChI is InChI=1S/C18H26N4O4/c23-14-9-19-17(26)22(14)11-15(24)21-8-6-18(12-21)5-2-7-20(16(18)25)10-13-3-1-4-13/h13H,1-12H2,(H,19,26)/t18-/m0/s1. The molecule has 4 fully saturated rings. The van der Waals surface area contributed by atoms with Crippen molar-refractivity contribution in [3.8, 4) is 0 Å². The number of nitrogens with zero attached hydrogens (tertiary/aromatic N) is 3. The molecule has 1 spiro atoms. The van der Waals surface area contributed by atoms with E-state index in [1.807, 2.05) is 4.90 Å². The molecule has 4 rings (SSSR count). The SMILES string of the molecule is O=C(CN1C(=O)CNC1=O)N1CC[C@@]2(CCCN(CC3CCC3)C2=O)C1. The molecule has 26 heavy (non-hydrogen) atoms. The number of imide groups is 1. The van der Waals surface area contributed by atoms with Crippen LogP contribution in [0.2, 0.25) is 0 Å². The summed E-state index contributed by atoms with van der Waals surface area (Å²) in [5.74, 6) is 0.211. The van der Waals surface area contributed by atoms with Crippen LogP contribution in [0.1, 0.15) is 38.5 Å². The molecule has 4 aliphatic rings. The highest BCUT2D eigenvalue weighted by molar-refractivity contribution is 6.04. The van der Waals surface area contributed by atoms with Crippen molar-refractivity contribution in [2.24, 2.45) is 11.3 Å². The van der Waals surface area contributed by atoms with Crippen molar-refractivity contribution in [3.63, 3.8) is 0 Å². The summed E-state index contributed by atoms with van der Waals surface area (Å²) in [5, 5.41) is 2.42. The summed E-state index contributed by atoms with van der Waals surface area (Å²) >= 11 is 0. The van der Waals surface area contributed by atoms with Gasteiger partial charge in [0.25, 0.3) is 5.91 Å². The molecule has 0 aromatic carbocycles. The summed E-state index contributed by atoms with van der Waals surface area (Å²) in [6.07, 6.45) is 6.18. The summed E-state index contributed by atoms with van der Waals surface area (Å²) in [7, 11) is 0. The van der Waals surface area contributed by atoms with Crippen molar-refractivity contribution in [3.05, 3.63) is 0 Å². The van der Waals surface area contributed by atoms with E-state index < -0.39 is 11.4 Å². The van der Waals surface area contributed by atoms with Crippen molar-refractivity contribution >= 4 is 23.8 Å². The molecule has 0 aromatic rings. The molecule has 142 valence electrons. The van der Waals surface area contributed by atoms with Crippen molar-refractivity contribution in [2.75, 3.05) is 39.3 Å². The Morgan fingerprint density at radius 1 is 1.12 bits per heavy atom. The number of urea groups is 1. The molecule has 8 heteroatoms. The van der Waals surface area contributed by atoms with E-state index in [0.717, 1.165) is 30.8 Å². The lowest BCUT2D eigenvalue weighted by Gasteiger charge is -2.42. The van der Waals surface area contributed by atoms with Gasteiger partial charge in [-0.2, -0.15) is 0 Å². The highest BCUT2D eigenvalue weighted by Gasteiger charge is 2.50. The molecule has 8 nitrogen and oxygen atoms in total. The van der Waals surface area contributed by atoms with E-state index >= 15 is 0 Å². The fraction of sp³-hybridized carbons (Fsp3) is 0.778. The van der Waals surface area contributed by atoms with Crippen LogP contribution in [0.4, 0.5) is 4.79 Å². The van der Waals surface area contributed by atoms with Crippen LogP contribution >= 0.6 is 0 Å². The topological polar surface area (TPSA) is 90.0 Å². The summed E-state index contributed by atoms with van der Waals surface area (Å²) < 4.78 is 0. The molecule has 0 aromatic heterocycles. The maximum Gasteiger partial charge on any atom is 0.325 e. The summed E-state index contributed by atoms with van der Waals surface area (Å²) in [6, 6.07) is -0.516. The first-order valence-electron chi connectivity index (χ1n) is 9.64. The van der Waals surface area contributed by atoms with Crippen LogP contribution in [0.5, 0.6) is 0 Å². The first-order valence-corrected chi connectivity index (χ1v) is 9.64. The lowest BCUT2D eigenvalue weighted by atomic mass is 9.77. The Bertz CT molecular complexity index is 631. The van der Waals surface area contributed by atoms with Gasteiger partial charge in [-0.05, 0) is 38.0 Å². The number of hydrogen-bond acceptors (Lipinski definition) is 4. The Morgan fingerprint density at radius 2 is 1.92 bits per heavy atom. The number of amides is 5. The zero-order valence-corrected chi connectivity index (χ0v) is 15.0. The Labute approximate surface area is 152 Å². The maximum absolute atomic E-state index is 13.1. The average molecular weight is 362 g/mol. The van der Waals surface area contributed by atoms with Gasteiger partial charge in [0.1, 0.15) is 6.54 Å². The summed E-state index contributed by atoms with van der Waals surface area (Å²) in [6.45, 7) is 2.33. The van der Waals surface area contributed by atoms with Gasteiger partial charge in [-0.25, -0.2) is 4.79 Å². The van der Waals surface area contributed by atoms with Crippen LogP contribution in [0.3, 0.4) is 0 Å². The largest absolute Gasteiger partial charge is 0.342 e. The number of hydrogen-bond donors (Lipinski definition) is 1. The van der Waals surface area contributed by atoms with Crippen LogP contribution in [0.25, 0.3) is 0 Å². The van der Waals surface area contributed by atoms with Crippen LogP contribution in [-0.4, -0.2) is 77.7 Å². The molecule has 3 saturated heterocycles. The van der Waals surface area contributed by atoms with E-state index in [1.54, 1.807) is 4.90 Å². The van der Waals surface area contributed by atoms with E-state index in [4.69, 9.17) is 0 Å². The molecule has 0 radical (unpaired) electrons. The Hall–Kier alpha value is -2.12.